The monoisotopic (exact) mass is 307 g/mol. The Balaban J connectivity index is 2.02. The number of ether oxygens (including phenoxy) is 2. The molecule has 1 aliphatic carbocycles. The Bertz CT molecular complexity index is 349. The predicted octanol–water partition coefficient (Wildman–Crippen LogP) is -4.05. The summed E-state index contributed by atoms with van der Waals surface area (Å²) in [5, 5.41) is 38.7. The van der Waals surface area contributed by atoms with Crippen molar-refractivity contribution >= 4 is 0 Å². The minimum absolute atomic E-state index is 0.190. The van der Waals surface area contributed by atoms with Crippen LogP contribution in [0.25, 0.3) is 0 Å². The number of hydrogen-bond donors (Lipinski definition) is 7. The van der Waals surface area contributed by atoms with Gasteiger partial charge in [0.2, 0.25) is 0 Å². The van der Waals surface area contributed by atoms with Crippen molar-refractivity contribution in [1.82, 2.24) is 0 Å². The Labute approximate surface area is 122 Å². The molecule has 0 aromatic carbocycles. The lowest BCUT2D eigenvalue weighted by molar-refractivity contribution is -0.274. The first kappa shape index (κ1) is 17.0. The highest BCUT2D eigenvalue weighted by atomic mass is 16.7. The fourth-order valence-corrected chi connectivity index (χ4v) is 2.83. The summed E-state index contributed by atoms with van der Waals surface area (Å²) in [5.74, 6) is 0. The van der Waals surface area contributed by atoms with Gasteiger partial charge in [-0.3, -0.25) is 0 Å². The van der Waals surface area contributed by atoms with Crippen LogP contribution < -0.4 is 17.2 Å². The van der Waals surface area contributed by atoms with Crippen molar-refractivity contribution in [1.29, 1.82) is 0 Å². The molecule has 1 aliphatic heterocycles. The third-order valence-electron chi connectivity index (χ3n) is 4.16. The number of rotatable bonds is 3. The highest BCUT2D eigenvalue weighted by Crippen LogP contribution is 2.26. The fraction of sp³-hybridized carbons (Fsp3) is 1.00. The van der Waals surface area contributed by atoms with E-state index >= 15 is 0 Å². The van der Waals surface area contributed by atoms with Crippen LogP contribution in [-0.2, 0) is 9.47 Å². The lowest BCUT2D eigenvalue weighted by atomic mass is 9.84. The van der Waals surface area contributed by atoms with Crippen molar-refractivity contribution in [2.24, 2.45) is 17.2 Å². The van der Waals surface area contributed by atoms with Crippen molar-refractivity contribution in [2.45, 2.75) is 67.8 Å². The molecule has 2 aliphatic rings. The minimum Gasteiger partial charge on any atom is -0.394 e. The summed E-state index contributed by atoms with van der Waals surface area (Å²) >= 11 is 0. The standard InChI is InChI=1S/C12H25N3O6/c13-4-1-5(14)11(10(19)9(4)18)21-12-6(15)2-7(17)8(3-16)20-12/h4-12,16-19H,1-3,13-15H2. The lowest BCUT2D eigenvalue weighted by Gasteiger charge is -2.44. The van der Waals surface area contributed by atoms with Crippen molar-refractivity contribution in [3.63, 3.8) is 0 Å². The molecule has 0 amide bonds. The van der Waals surface area contributed by atoms with Gasteiger partial charge in [0.25, 0.3) is 0 Å². The van der Waals surface area contributed by atoms with Crippen LogP contribution in [0.15, 0.2) is 0 Å². The summed E-state index contributed by atoms with van der Waals surface area (Å²) in [6, 6.07) is -1.83. The van der Waals surface area contributed by atoms with Gasteiger partial charge in [0.05, 0.1) is 24.9 Å². The quantitative estimate of drug-likeness (QED) is 0.273. The Morgan fingerprint density at radius 2 is 1.62 bits per heavy atom. The molecular weight excluding hydrogens is 282 g/mol. The smallest absolute Gasteiger partial charge is 0.173 e. The van der Waals surface area contributed by atoms with E-state index in [1.54, 1.807) is 0 Å². The number of aliphatic hydroxyl groups is 4. The van der Waals surface area contributed by atoms with E-state index in [2.05, 4.69) is 0 Å². The molecule has 2 fully saturated rings. The first-order chi connectivity index (χ1) is 9.85. The molecule has 1 saturated carbocycles. The first-order valence-corrected chi connectivity index (χ1v) is 7.07. The van der Waals surface area contributed by atoms with Crippen LogP contribution in [0.5, 0.6) is 0 Å². The van der Waals surface area contributed by atoms with Gasteiger partial charge >= 0.3 is 0 Å². The van der Waals surface area contributed by atoms with E-state index in [0.717, 1.165) is 0 Å². The van der Waals surface area contributed by atoms with E-state index < -0.39 is 54.9 Å². The van der Waals surface area contributed by atoms with Gasteiger partial charge in [-0.1, -0.05) is 0 Å². The molecular formula is C12H25N3O6. The van der Waals surface area contributed by atoms with Gasteiger partial charge in [0, 0.05) is 12.1 Å². The highest BCUT2D eigenvalue weighted by Gasteiger charge is 2.45. The fourth-order valence-electron chi connectivity index (χ4n) is 2.83. The zero-order chi connectivity index (χ0) is 15.7. The molecule has 0 aromatic heterocycles. The molecule has 9 heteroatoms. The van der Waals surface area contributed by atoms with Crippen LogP contribution in [0.3, 0.4) is 0 Å². The molecule has 1 heterocycles. The van der Waals surface area contributed by atoms with Gasteiger partial charge in [-0.15, -0.1) is 0 Å². The molecule has 124 valence electrons. The Morgan fingerprint density at radius 3 is 2.24 bits per heavy atom. The Kier molecular flexibility index (Phi) is 5.52. The van der Waals surface area contributed by atoms with Crippen molar-refractivity contribution in [3.05, 3.63) is 0 Å². The summed E-state index contributed by atoms with van der Waals surface area (Å²) < 4.78 is 11.0. The molecule has 0 spiro atoms. The SMILES string of the molecule is NC1CC(O)C(CO)OC1OC1C(N)CC(N)C(O)C1O. The second-order valence-electron chi connectivity index (χ2n) is 5.84. The average molecular weight is 307 g/mol. The average Bonchev–Trinajstić information content (AvgIpc) is 2.43. The molecule has 0 aromatic rings. The van der Waals surface area contributed by atoms with Crippen LogP contribution in [0.2, 0.25) is 0 Å². The molecule has 9 unspecified atom stereocenters. The van der Waals surface area contributed by atoms with E-state index in [9.17, 15) is 15.3 Å². The third kappa shape index (κ3) is 3.52. The molecule has 0 radical (unpaired) electrons. The van der Waals surface area contributed by atoms with Gasteiger partial charge < -0.3 is 47.1 Å². The molecule has 9 nitrogen and oxygen atoms in total. The van der Waals surface area contributed by atoms with E-state index in [0.29, 0.717) is 0 Å². The van der Waals surface area contributed by atoms with E-state index in [-0.39, 0.29) is 19.4 Å². The largest absolute Gasteiger partial charge is 0.394 e. The number of nitrogens with two attached hydrogens (primary N) is 3. The van der Waals surface area contributed by atoms with Gasteiger partial charge in [0.1, 0.15) is 18.3 Å². The van der Waals surface area contributed by atoms with Crippen LogP contribution in [0.1, 0.15) is 12.8 Å². The summed E-state index contributed by atoms with van der Waals surface area (Å²) in [7, 11) is 0. The molecule has 1 saturated heterocycles. The number of aliphatic hydroxyl groups excluding tert-OH is 4. The molecule has 0 bridgehead atoms. The van der Waals surface area contributed by atoms with E-state index in [1.807, 2.05) is 0 Å². The van der Waals surface area contributed by atoms with Crippen LogP contribution >= 0.6 is 0 Å². The summed E-state index contributed by atoms with van der Waals surface area (Å²) in [4.78, 5) is 0. The molecule has 10 N–H and O–H groups in total. The van der Waals surface area contributed by atoms with Gasteiger partial charge in [-0.25, -0.2) is 0 Å². The molecule has 9 atom stereocenters. The predicted molar refractivity (Wildman–Crippen MR) is 71.8 cm³/mol. The van der Waals surface area contributed by atoms with Gasteiger partial charge in [0.15, 0.2) is 6.29 Å². The van der Waals surface area contributed by atoms with Crippen LogP contribution in [-0.4, -0.2) is 82.0 Å². The second-order valence-corrected chi connectivity index (χ2v) is 5.84. The maximum Gasteiger partial charge on any atom is 0.173 e. The van der Waals surface area contributed by atoms with E-state index in [1.165, 1.54) is 0 Å². The summed E-state index contributed by atoms with van der Waals surface area (Å²) in [6.07, 6.45) is -5.42. The second kappa shape index (κ2) is 6.82. The summed E-state index contributed by atoms with van der Waals surface area (Å²) in [5.41, 5.74) is 17.4. The maximum atomic E-state index is 10.0. The van der Waals surface area contributed by atoms with Gasteiger partial charge in [-0.2, -0.15) is 0 Å². The normalized spacial score (nSPS) is 51.9. The maximum absolute atomic E-state index is 10.0. The third-order valence-corrected chi connectivity index (χ3v) is 4.16. The Morgan fingerprint density at radius 1 is 0.952 bits per heavy atom. The zero-order valence-corrected chi connectivity index (χ0v) is 11.7. The Hall–Kier alpha value is -0.360. The first-order valence-electron chi connectivity index (χ1n) is 7.07. The lowest BCUT2D eigenvalue weighted by Crippen LogP contribution is -2.64. The van der Waals surface area contributed by atoms with Crippen LogP contribution in [0.4, 0.5) is 0 Å². The van der Waals surface area contributed by atoms with Crippen molar-refractivity contribution in [2.75, 3.05) is 6.61 Å². The molecule has 21 heavy (non-hydrogen) atoms. The molecule has 2 rings (SSSR count). The van der Waals surface area contributed by atoms with Crippen molar-refractivity contribution < 1.29 is 29.9 Å². The topological polar surface area (TPSA) is 177 Å². The van der Waals surface area contributed by atoms with Gasteiger partial charge in [-0.05, 0) is 12.8 Å². The van der Waals surface area contributed by atoms with Crippen molar-refractivity contribution in [3.8, 4) is 0 Å². The van der Waals surface area contributed by atoms with Crippen LogP contribution in [0, 0.1) is 0 Å². The van der Waals surface area contributed by atoms with E-state index in [4.69, 9.17) is 31.8 Å². The summed E-state index contributed by atoms with van der Waals surface area (Å²) in [6.45, 7) is -0.374. The minimum atomic E-state index is -1.25. The highest BCUT2D eigenvalue weighted by molar-refractivity contribution is 4.98. The number of hydrogen-bond acceptors (Lipinski definition) is 9. The zero-order valence-electron chi connectivity index (χ0n) is 11.7.